The van der Waals surface area contributed by atoms with Gasteiger partial charge in [0.05, 0.1) is 6.61 Å². The molecule has 0 aromatic rings. The molecule has 6 nitrogen and oxygen atoms in total. The average Bonchev–Trinajstić information content (AvgIpc) is 2.35. The predicted octanol–water partition coefficient (Wildman–Crippen LogP) is 3.28. The normalized spacial score (nSPS) is 14.3. The SMILES string of the molecule is CC(C)CCOCC[C@H](C)OC(=O)[C@H](C)NC(=O)OC(C)(C)C. The minimum Gasteiger partial charge on any atom is -0.461 e. The topological polar surface area (TPSA) is 73.9 Å². The third-order valence-corrected chi connectivity index (χ3v) is 2.91. The van der Waals surface area contributed by atoms with E-state index in [0.29, 0.717) is 18.9 Å². The second-order valence-electron chi connectivity index (χ2n) is 7.20. The van der Waals surface area contributed by atoms with Crippen LogP contribution in [0.15, 0.2) is 0 Å². The van der Waals surface area contributed by atoms with Crippen molar-refractivity contribution in [1.82, 2.24) is 5.32 Å². The van der Waals surface area contributed by atoms with Crippen molar-refractivity contribution in [1.29, 1.82) is 0 Å². The van der Waals surface area contributed by atoms with Crippen molar-refractivity contribution in [3.05, 3.63) is 0 Å². The summed E-state index contributed by atoms with van der Waals surface area (Å²) >= 11 is 0. The number of amides is 1. The monoisotopic (exact) mass is 331 g/mol. The van der Waals surface area contributed by atoms with Crippen molar-refractivity contribution in [3.8, 4) is 0 Å². The second kappa shape index (κ2) is 10.5. The molecule has 0 aliphatic heterocycles. The van der Waals surface area contributed by atoms with Crippen molar-refractivity contribution in [2.24, 2.45) is 5.92 Å². The van der Waals surface area contributed by atoms with E-state index in [0.717, 1.165) is 13.0 Å². The minimum absolute atomic E-state index is 0.260. The average molecular weight is 331 g/mol. The molecule has 0 aliphatic carbocycles. The smallest absolute Gasteiger partial charge is 0.408 e. The largest absolute Gasteiger partial charge is 0.461 e. The fourth-order valence-corrected chi connectivity index (χ4v) is 1.57. The highest BCUT2D eigenvalue weighted by Gasteiger charge is 2.23. The Morgan fingerprint density at radius 2 is 1.57 bits per heavy atom. The molecule has 0 aliphatic rings. The summed E-state index contributed by atoms with van der Waals surface area (Å²) < 4.78 is 15.9. The molecule has 0 aromatic heterocycles. The summed E-state index contributed by atoms with van der Waals surface area (Å²) in [5, 5.41) is 2.46. The first kappa shape index (κ1) is 21.7. The molecule has 136 valence electrons. The molecule has 1 amide bonds. The Morgan fingerprint density at radius 1 is 1.00 bits per heavy atom. The van der Waals surface area contributed by atoms with Crippen LogP contribution < -0.4 is 5.32 Å². The highest BCUT2D eigenvalue weighted by Crippen LogP contribution is 2.07. The maximum Gasteiger partial charge on any atom is 0.408 e. The lowest BCUT2D eigenvalue weighted by Gasteiger charge is -2.22. The standard InChI is InChI=1S/C17H33NO5/c1-12(2)8-10-21-11-9-13(3)22-15(19)14(4)18-16(20)23-17(5,6)7/h12-14H,8-11H2,1-7H3,(H,18,20)/t13-,14-/m0/s1. The number of carbonyl (C=O) groups is 2. The Balaban J connectivity index is 3.95. The lowest BCUT2D eigenvalue weighted by molar-refractivity contribution is -0.151. The summed E-state index contributed by atoms with van der Waals surface area (Å²) in [6, 6.07) is -0.755. The Bertz CT molecular complexity index is 362. The number of alkyl carbamates (subject to hydrolysis) is 1. The van der Waals surface area contributed by atoms with E-state index in [4.69, 9.17) is 14.2 Å². The van der Waals surface area contributed by atoms with Gasteiger partial charge in [0, 0.05) is 13.0 Å². The minimum atomic E-state index is -0.755. The molecule has 0 rings (SSSR count). The van der Waals surface area contributed by atoms with Crippen LogP contribution in [0.2, 0.25) is 0 Å². The van der Waals surface area contributed by atoms with E-state index >= 15 is 0 Å². The number of esters is 1. The van der Waals surface area contributed by atoms with Crippen LogP contribution in [0.5, 0.6) is 0 Å². The molecule has 0 unspecified atom stereocenters. The van der Waals surface area contributed by atoms with Crippen molar-refractivity contribution >= 4 is 12.1 Å². The van der Waals surface area contributed by atoms with E-state index in [2.05, 4.69) is 19.2 Å². The molecular weight excluding hydrogens is 298 g/mol. The van der Waals surface area contributed by atoms with Gasteiger partial charge in [0.15, 0.2) is 0 Å². The van der Waals surface area contributed by atoms with Gasteiger partial charge in [-0.15, -0.1) is 0 Å². The fraction of sp³-hybridized carbons (Fsp3) is 0.882. The lowest BCUT2D eigenvalue weighted by Crippen LogP contribution is -2.43. The molecule has 0 saturated heterocycles. The Kier molecular flexibility index (Phi) is 9.88. The zero-order valence-electron chi connectivity index (χ0n) is 15.6. The van der Waals surface area contributed by atoms with Crippen molar-refractivity contribution in [3.63, 3.8) is 0 Å². The summed E-state index contributed by atoms with van der Waals surface area (Å²) in [7, 11) is 0. The van der Waals surface area contributed by atoms with E-state index in [1.807, 2.05) is 6.92 Å². The number of nitrogens with one attached hydrogen (secondary N) is 1. The molecule has 1 N–H and O–H groups in total. The summed E-state index contributed by atoms with van der Waals surface area (Å²) in [5.74, 6) is 0.135. The van der Waals surface area contributed by atoms with Gasteiger partial charge in [-0.2, -0.15) is 0 Å². The Labute approximate surface area is 140 Å². The first-order valence-electron chi connectivity index (χ1n) is 8.29. The summed E-state index contributed by atoms with van der Waals surface area (Å²) in [5.41, 5.74) is -0.603. The fourth-order valence-electron chi connectivity index (χ4n) is 1.57. The van der Waals surface area contributed by atoms with Crippen LogP contribution >= 0.6 is 0 Å². The first-order valence-corrected chi connectivity index (χ1v) is 8.29. The Hall–Kier alpha value is -1.30. The van der Waals surface area contributed by atoms with Crippen LogP contribution in [0.1, 0.15) is 61.3 Å². The van der Waals surface area contributed by atoms with Gasteiger partial charge in [-0.05, 0) is 47.0 Å². The Morgan fingerprint density at radius 3 is 2.09 bits per heavy atom. The zero-order chi connectivity index (χ0) is 18.0. The van der Waals surface area contributed by atoms with Gasteiger partial charge in [0.25, 0.3) is 0 Å². The molecule has 23 heavy (non-hydrogen) atoms. The third kappa shape index (κ3) is 12.9. The lowest BCUT2D eigenvalue weighted by atomic mass is 10.1. The van der Waals surface area contributed by atoms with Gasteiger partial charge < -0.3 is 19.5 Å². The van der Waals surface area contributed by atoms with Crippen LogP contribution in [-0.4, -0.2) is 43.0 Å². The second-order valence-corrected chi connectivity index (χ2v) is 7.20. The van der Waals surface area contributed by atoms with Crippen LogP contribution in [-0.2, 0) is 19.0 Å². The van der Waals surface area contributed by atoms with Crippen LogP contribution in [0, 0.1) is 5.92 Å². The van der Waals surface area contributed by atoms with Crippen LogP contribution in [0.3, 0.4) is 0 Å². The molecule has 0 saturated carbocycles. The highest BCUT2D eigenvalue weighted by atomic mass is 16.6. The predicted molar refractivity (Wildman–Crippen MR) is 89.3 cm³/mol. The molecule has 0 radical (unpaired) electrons. The van der Waals surface area contributed by atoms with E-state index in [9.17, 15) is 9.59 Å². The van der Waals surface area contributed by atoms with E-state index in [1.54, 1.807) is 27.7 Å². The summed E-state index contributed by atoms with van der Waals surface area (Å²) in [4.78, 5) is 23.5. The third-order valence-electron chi connectivity index (χ3n) is 2.91. The molecule has 0 aromatic carbocycles. The molecular formula is C17H33NO5. The quantitative estimate of drug-likeness (QED) is 0.518. The van der Waals surface area contributed by atoms with E-state index in [1.165, 1.54) is 0 Å². The van der Waals surface area contributed by atoms with E-state index < -0.39 is 23.7 Å². The van der Waals surface area contributed by atoms with Gasteiger partial charge in [-0.25, -0.2) is 9.59 Å². The van der Waals surface area contributed by atoms with E-state index in [-0.39, 0.29) is 6.10 Å². The number of ether oxygens (including phenoxy) is 3. The van der Waals surface area contributed by atoms with Crippen LogP contribution in [0.4, 0.5) is 4.79 Å². The van der Waals surface area contributed by atoms with Gasteiger partial charge in [-0.1, -0.05) is 13.8 Å². The van der Waals surface area contributed by atoms with Gasteiger partial charge in [-0.3, -0.25) is 0 Å². The number of carbonyl (C=O) groups excluding carboxylic acids is 2. The van der Waals surface area contributed by atoms with Gasteiger partial charge >= 0.3 is 12.1 Å². The maximum absolute atomic E-state index is 11.9. The van der Waals surface area contributed by atoms with Crippen molar-refractivity contribution < 1.29 is 23.8 Å². The highest BCUT2D eigenvalue weighted by molar-refractivity contribution is 5.81. The maximum atomic E-state index is 11.9. The molecule has 0 spiro atoms. The zero-order valence-corrected chi connectivity index (χ0v) is 15.6. The molecule has 0 heterocycles. The number of rotatable bonds is 9. The number of hydrogen-bond donors (Lipinski definition) is 1. The van der Waals surface area contributed by atoms with Crippen molar-refractivity contribution in [2.45, 2.75) is 79.1 Å². The molecule has 0 bridgehead atoms. The molecule has 0 fully saturated rings. The first-order chi connectivity index (χ1) is 10.5. The van der Waals surface area contributed by atoms with Crippen LogP contribution in [0.25, 0.3) is 0 Å². The number of hydrogen-bond acceptors (Lipinski definition) is 5. The van der Waals surface area contributed by atoms with Gasteiger partial charge in [0.1, 0.15) is 17.7 Å². The molecule has 2 atom stereocenters. The van der Waals surface area contributed by atoms with Crippen molar-refractivity contribution in [2.75, 3.05) is 13.2 Å². The molecule has 6 heteroatoms. The summed E-state index contributed by atoms with van der Waals surface area (Å²) in [6.45, 7) is 14.2. The summed E-state index contributed by atoms with van der Waals surface area (Å²) in [6.07, 6.45) is 0.754. The van der Waals surface area contributed by atoms with Gasteiger partial charge in [0.2, 0.25) is 0 Å².